The molecule has 0 amide bonds. The molecule has 22 heavy (non-hydrogen) atoms. The minimum atomic E-state index is -0.0393. The highest BCUT2D eigenvalue weighted by Gasteiger charge is 2.15. The van der Waals surface area contributed by atoms with E-state index in [1.165, 1.54) is 6.20 Å². The molecule has 0 fully saturated rings. The lowest BCUT2D eigenvalue weighted by atomic mass is 9.86. The average molecular weight is 293 g/mol. The Kier molecular flexibility index (Phi) is 4.19. The van der Waals surface area contributed by atoms with Crippen LogP contribution in [-0.4, -0.2) is 20.6 Å². The average Bonchev–Trinajstić information content (AvgIpc) is 3.01. The number of nitrogens with one attached hydrogen (secondary N) is 2. The molecule has 0 radical (unpaired) electrons. The Hall–Kier alpha value is -3.19. The molecular formula is C15H15N7. The molecule has 0 unspecified atom stereocenters. The second-order valence-electron chi connectivity index (χ2n) is 5.67. The summed E-state index contributed by atoms with van der Waals surface area (Å²) in [5.41, 5.74) is 2.37. The third kappa shape index (κ3) is 3.28. The number of nitriles is 2. The molecule has 7 heteroatoms. The van der Waals surface area contributed by atoms with Gasteiger partial charge in [0.25, 0.3) is 0 Å². The Morgan fingerprint density at radius 2 is 2.09 bits per heavy atom. The predicted molar refractivity (Wildman–Crippen MR) is 81.2 cm³/mol. The van der Waals surface area contributed by atoms with Crippen LogP contribution in [0, 0.1) is 22.7 Å². The van der Waals surface area contributed by atoms with Crippen LogP contribution in [0.4, 0.5) is 5.69 Å². The highest BCUT2D eigenvalue weighted by Crippen LogP contribution is 2.26. The van der Waals surface area contributed by atoms with E-state index in [9.17, 15) is 5.26 Å². The maximum absolute atomic E-state index is 9.30. The third-order valence-electron chi connectivity index (χ3n) is 3.08. The zero-order valence-electron chi connectivity index (χ0n) is 12.5. The van der Waals surface area contributed by atoms with E-state index in [1.54, 1.807) is 0 Å². The Balaban J connectivity index is 2.31. The molecular weight excluding hydrogens is 278 g/mol. The lowest BCUT2D eigenvalue weighted by molar-refractivity contribution is 0.590. The van der Waals surface area contributed by atoms with E-state index in [-0.39, 0.29) is 16.8 Å². The monoisotopic (exact) mass is 293 g/mol. The zero-order valence-corrected chi connectivity index (χ0v) is 12.5. The lowest BCUT2D eigenvalue weighted by Gasteiger charge is -2.20. The van der Waals surface area contributed by atoms with Gasteiger partial charge >= 0.3 is 0 Å². The molecule has 0 saturated heterocycles. The topological polar surface area (TPSA) is 114 Å². The standard InChI is InChI=1S/C15H15N7/c1-15(2,3)12-4-5-13(10(6-12)7-16)18-9-11(8-17)14-19-21-22-20-14/h4-6,9,18H,1-3H3,(H,19,20,21,22). The fourth-order valence-electron chi connectivity index (χ4n) is 1.80. The molecule has 1 aromatic carbocycles. The van der Waals surface area contributed by atoms with Gasteiger partial charge in [-0.3, -0.25) is 0 Å². The number of anilines is 1. The van der Waals surface area contributed by atoms with E-state index in [0.717, 1.165) is 5.56 Å². The SMILES string of the molecule is CC(C)(C)c1ccc(NC=C(C#N)c2nn[nH]n2)c(C#N)c1. The highest BCUT2D eigenvalue weighted by molar-refractivity contribution is 5.75. The first kappa shape index (κ1) is 15.2. The Morgan fingerprint density at radius 1 is 1.32 bits per heavy atom. The number of H-pyrrole nitrogens is 1. The van der Waals surface area contributed by atoms with Gasteiger partial charge in [0.15, 0.2) is 0 Å². The summed E-state index contributed by atoms with van der Waals surface area (Å²) >= 11 is 0. The summed E-state index contributed by atoms with van der Waals surface area (Å²) in [6.45, 7) is 6.25. The van der Waals surface area contributed by atoms with E-state index in [1.807, 2.05) is 24.3 Å². The first-order valence-corrected chi connectivity index (χ1v) is 6.61. The Labute approximate surface area is 128 Å². The highest BCUT2D eigenvalue weighted by atomic mass is 15.5. The normalized spacial score (nSPS) is 11.6. The quantitative estimate of drug-likeness (QED) is 0.839. The molecule has 0 aliphatic rings. The van der Waals surface area contributed by atoms with Gasteiger partial charge in [0, 0.05) is 6.20 Å². The number of rotatable bonds is 3. The van der Waals surface area contributed by atoms with Gasteiger partial charge in [-0.1, -0.05) is 26.8 Å². The van der Waals surface area contributed by atoms with E-state index in [2.05, 4.69) is 52.8 Å². The van der Waals surface area contributed by atoms with Gasteiger partial charge in [-0.2, -0.15) is 15.7 Å². The number of tetrazole rings is 1. The van der Waals surface area contributed by atoms with Crippen molar-refractivity contribution in [3.8, 4) is 12.1 Å². The van der Waals surface area contributed by atoms with Crippen molar-refractivity contribution in [2.24, 2.45) is 0 Å². The molecule has 0 spiro atoms. The number of aromatic amines is 1. The number of nitrogens with zero attached hydrogens (tertiary/aromatic N) is 5. The van der Waals surface area contributed by atoms with Gasteiger partial charge in [0.1, 0.15) is 17.7 Å². The van der Waals surface area contributed by atoms with Crippen LogP contribution in [0.1, 0.15) is 37.7 Å². The number of aromatic nitrogens is 4. The summed E-state index contributed by atoms with van der Waals surface area (Å²) in [4.78, 5) is 0. The van der Waals surface area contributed by atoms with Crippen LogP contribution in [0.3, 0.4) is 0 Å². The zero-order chi connectivity index (χ0) is 16.2. The van der Waals surface area contributed by atoms with E-state index < -0.39 is 0 Å². The lowest BCUT2D eigenvalue weighted by Crippen LogP contribution is -2.11. The van der Waals surface area contributed by atoms with Crippen molar-refractivity contribution in [2.45, 2.75) is 26.2 Å². The number of hydrogen-bond acceptors (Lipinski definition) is 6. The van der Waals surface area contributed by atoms with Gasteiger partial charge in [-0.05, 0) is 28.3 Å². The predicted octanol–water partition coefficient (Wildman–Crippen LogP) is 2.35. The van der Waals surface area contributed by atoms with Crippen LogP contribution in [-0.2, 0) is 5.41 Å². The molecule has 1 heterocycles. The van der Waals surface area contributed by atoms with Crippen molar-refractivity contribution in [1.29, 1.82) is 10.5 Å². The summed E-state index contributed by atoms with van der Waals surface area (Å²) < 4.78 is 0. The maximum atomic E-state index is 9.30. The van der Waals surface area contributed by atoms with Gasteiger partial charge in [0.05, 0.1) is 11.3 Å². The summed E-state index contributed by atoms with van der Waals surface area (Å²) in [6, 6.07) is 9.76. The van der Waals surface area contributed by atoms with Crippen LogP contribution < -0.4 is 5.32 Å². The molecule has 2 rings (SSSR count). The molecule has 2 aromatic rings. The molecule has 7 nitrogen and oxygen atoms in total. The van der Waals surface area contributed by atoms with Gasteiger partial charge < -0.3 is 5.32 Å². The summed E-state index contributed by atoms with van der Waals surface area (Å²) in [5.74, 6) is 0.194. The Morgan fingerprint density at radius 3 is 2.64 bits per heavy atom. The van der Waals surface area contributed by atoms with Crippen molar-refractivity contribution in [1.82, 2.24) is 20.6 Å². The van der Waals surface area contributed by atoms with Crippen molar-refractivity contribution in [2.75, 3.05) is 5.32 Å². The molecule has 1 aromatic heterocycles. The van der Waals surface area contributed by atoms with Crippen LogP contribution in [0.25, 0.3) is 5.57 Å². The second-order valence-corrected chi connectivity index (χ2v) is 5.67. The number of allylic oxidation sites excluding steroid dienone is 1. The molecule has 0 aliphatic heterocycles. The smallest absolute Gasteiger partial charge is 0.216 e. The Bertz CT molecular complexity index is 768. The fourth-order valence-corrected chi connectivity index (χ4v) is 1.80. The van der Waals surface area contributed by atoms with E-state index in [0.29, 0.717) is 11.3 Å². The van der Waals surface area contributed by atoms with Crippen molar-refractivity contribution < 1.29 is 0 Å². The van der Waals surface area contributed by atoms with Gasteiger partial charge in [-0.25, -0.2) is 0 Å². The summed E-state index contributed by atoms with van der Waals surface area (Å²) in [6.07, 6.45) is 1.46. The van der Waals surface area contributed by atoms with E-state index >= 15 is 0 Å². The fraction of sp³-hybridized carbons (Fsp3) is 0.267. The summed E-state index contributed by atoms with van der Waals surface area (Å²) in [5, 5.41) is 34.5. The number of benzene rings is 1. The molecule has 0 atom stereocenters. The van der Waals surface area contributed by atoms with Gasteiger partial charge in [0.2, 0.25) is 5.82 Å². The molecule has 0 aliphatic carbocycles. The molecule has 0 saturated carbocycles. The van der Waals surface area contributed by atoms with Crippen LogP contribution in [0.2, 0.25) is 0 Å². The summed E-state index contributed by atoms with van der Waals surface area (Å²) in [7, 11) is 0. The number of hydrogen-bond donors (Lipinski definition) is 2. The van der Waals surface area contributed by atoms with Gasteiger partial charge in [-0.15, -0.1) is 10.2 Å². The molecule has 0 bridgehead atoms. The second kappa shape index (κ2) is 6.06. The molecule has 2 N–H and O–H groups in total. The van der Waals surface area contributed by atoms with Crippen LogP contribution >= 0.6 is 0 Å². The molecule has 110 valence electrons. The van der Waals surface area contributed by atoms with E-state index in [4.69, 9.17) is 5.26 Å². The minimum absolute atomic E-state index is 0.0393. The van der Waals surface area contributed by atoms with Crippen molar-refractivity contribution in [3.63, 3.8) is 0 Å². The van der Waals surface area contributed by atoms with Crippen LogP contribution in [0.15, 0.2) is 24.4 Å². The first-order chi connectivity index (χ1) is 10.5. The third-order valence-corrected chi connectivity index (χ3v) is 3.08. The first-order valence-electron chi connectivity index (χ1n) is 6.61. The largest absolute Gasteiger partial charge is 0.359 e. The van der Waals surface area contributed by atoms with Crippen LogP contribution in [0.5, 0.6) is 0 Å². The maximum Gasteiger partial charge on any atom is 0.216 e. The van der Waals surface area contributed by atoms with Crippen molar-refractivity contribution in [3.05, 3.63) is 41.4 Å². The minimum Gasteiger partial charge on any atom is -0.359 e. The van der Waals surface area contributed by atoms with Crippen molar-refractivity contribution >= 4 is 11.3 Å².